The van der Waals surface area contributed by atoms with Crippen molar-refractivity contribution in [2.75, 3.05) is 0 Å². The molecule has 0 unspecified atom stereocenters. The molecule has 0 bridgehead atoms. The van der Waals surface area contributed by atoms with Crippen molar-refractivity contribution in [1.29, 1.82) is 0 Å². The highest BCUT2D eigenvalue weighted by Crippen LogP contribution is 2.32. The molecule has 4 aromatic rings. The van der Waals surface area contributed by atoms with E-state index >= 15 is 0 Å². The van der Waals surface area contributed by atoms with Crippen LogP contribution in [-0.4, -0.2) is 16.7 Å². The Balaban J connectivity index is 1.76. The maximum atomic E-state index is 12.6. The van der Waals surface area contributed by atoms with E-state index in [1.165, 1.54) is 6.92 Å². The molecule has 0 saturated heterocycles. The number of hydrogen-bond donors (Lipinski definition) is 0. The molecule has 1 heterocycles. The van der Waals surface area contributed by atoms with Gasteiger partial charge in [0.25, 0.3) is 0 Å². The second-order valence-corrected chi connectivity index (χ2v) is 6.76. The summed E-state index contributed by atoms with van der Waals surface area (Å²) in [6.07, 6.45) is 0.177. The van der Waals surface area contributed by atoms with Crippen LogP contribution in [0.1, 0.15) is 22.8 Å². The molecule has 0 atom stereocenters. The quantitative estimate of drug-likeness (QED) is 0.350. The van der Waals surface area contributed by atoms with Gasteiger partial charge in [-0.15, -0.1) is 0 Å². The average Bonchev–Trinajstić information content (AvgIpc) is 2.74. The third-order valence-electron chi connectivity index (χ3n) is 4.68. The number of benzene rings is 3. The van der Waals surface area contributed by atoms with Gasteiger partial charge in [-0.2, -0.15) is 0 Å². The fraction of sp³-hybridized carbons (Fsp3) is 0.0800. The Morgan fingerprint density at radius 1 is 0.862 bits per heavy atom. The number of hydrogen-bond acceptors (Lipinski definition) is 4. The molecule has 0 aliphatic rings. The van der Waals surface area contributed by atoms with Crippen molar-refractivity contribution in [3.63, 3.8) is 0 Å². The molecule has 29 heavy (non-hydrogen) atoms. The van der Waals surface area contributed by atoms with E-state index in [9.17, 15) is 9.59 Å². The van der Waals surface area contributed by atoms with Gasteiger partial charge in [-0.3, -0.25) is 9.59 Å². The number of pyridine rings is 1. The molecular formula is C25H19NO3. The van der Waals surface area contributed by atoms with Crippen molar-refractivity contribution in [3.05, 3.63) is 96.1 Å². The first-order valence-corrected chi connectivity index (χ1v) is 9.36. The van der Waals surface area contributed by atoms with Crippen LogP contribution in [0.2, 0.25) is 0 Å². The predicted octanol–water partition coefficient (Wildman–Crippen LogP) is 5.25. The minimum absolute atomic E-state index is 0.0434. The lowest BCUT2D eigenvalue weighted by atomic mass is 10.0. The number of para-hydroxylation sites is 1. The largest absolute Gasteiger partial charge is 0.425 e. The van der Waals surface area contributed by atoms with Crippen molar-refractivity contribution in [1.82, 2.24) is 4.98 Å². The summed E-state index contributed by atoms with van der Waals surface area (Å²) < 4.78 is 5.73. The van der Waals surface area contributed by atoms with Gasteiger partial charge in [0, 0.05) is 22.6 Å². The normalized spacial score (nSPS) is 10.7. The van der Waals surface area contributed by atoms with E-state index in [4.69, 9.17) is 9.72 Å². The van der Waals surface area contributed by atoms with Crippen molar-refractivity contribution >= 4 is 22.7 Å². The second-order valence-electron chi connectivity index (χ2n) is 6.76. The highest BCUT2D eigenvalue weighted by molar-refractivity contribution is 6.01. The van der Waals surface area contributed by atoms with E-state index in [1.807, 2.05) is 72.8 Å². The molecule has 0 amide bonds. The molecule has 142 valence electrons. The third kappa shape index (κ3) is 4.06. The van der Waals surface area contributed by atoms with Gasteiger partial charge in [0.2, 0.25) is 0 Å². The summed E-state index contributed by atoms with van der Waals surface area (Å²) in [7, 11) is 0. The van der Waals surface area contributed by atoms with Gasteiger partial charge >= 0.3 is 5.97 Å². The molecule has 0 spiro atoms. The second kappa shape index (κ2) is 8.07. The molecule has 1 aromatic heterocycles. The fourth-order valence-electron chi connectivity index (χ4n) is 3.30. The Hall–Kier alpha value is -3.79. The average molecular weight is 381 g/mol. The maximum Gasteiger partial charge on any atom is 0.315 e. The third-order valence-corrected chi connectivity index (χ3v) is 4.68. The van der Waals surface area contributed by atoms with Crippen LogP contribution in [0.25, 0.3) is 22.2 Å². The summed E-state index contributed by atoms with van der Waals surface area (Å²) in [6, 6.07) is 26.0. The molecule has 3 aromatic carbocycles. The van der Waals surface area contributed by atoms with Gasteiger partial charge in [0.15, 0.2) is 5.78 Å². The zero-order valence-electron chi connectivity index (χ0n) is 16.0. The van der Waals surface area contributed by atoms with Gasteiger partial charge in [-0.1, -0.05) is 66.7 Å². The van der Waals surface area contributed by atoms with Crippen molar-refractivity contribution < 1.29 is 14.3 Å². The molecular weight excluding hydrogens is 362 g/mol. The number of ether oxygens (including phenoxy) is 1. The Labute approximate surface area is 168 Å². The summed E-state index contributed by atoms with van der Waals surface area (Å²) in [4.78, 5) is 29.3. The lowest BCUT2D eigenvalue weighted by Gasteiger charge is -2.12. The zero-order chi connectivity index (χ0) is 20.2. The van der Waals surface area contributed by atoms with Crippen molar-refractivity contribution in [3.8, 4) is 17.0 Å². The number of ketones is 1. The Kier molecular flexibility index (Phi) is 5.16. The number of esters is 1. The number of carbonyl (C=O) groups excluding carboxylic acids is 2. The van der Waals surface area contributed by atoms with Crippen LogP contribution >= 0.6 is 0 Å². The molecule has 4 heteroatoms. The van der Waals surface area contributed by atoms with Gasteiger partial charge in [0.1, 0.15) is 5.75 Å². The van der Waals surface area contributed by atoms with Crippen LogP contribution in [0, 0.1) is 0 Å². The van der Waals surface area contributed by atoms with Gasteiger partial charge in [-0.25, -0.2) is 4.98 Å². The lowest BCUT2D eigenvalue weighted by Crippen LogP contribution is -2.11. The summed E-state index contributed by atoms with van der Waals surface area (Å²) >= 11 is 0. The molecule has 0 fully saturated rings. The number of nitrogens with zero attached hydrogens (tertiary/aromatic N) is 1. The van der Waals surface area contributed by atoms with E-state index in [1.54, 1.807) is 12.1 Å². The predicted molar refractivity (Wildman–Crippen MR) is 113 cm³/mol. The van der Waals surface area contributed by atoms with Crippen LogP contribution < -0.4 is 4.74 Å². The minimum Gasteiger partial charge on any atom is -0.425 e. The summed E-state index contributed by atoms with van der Waals surface area (Å²) in [5.41, 5.74) is 3.48. The van der Waals surface area contributed by atoms with Crippen LogP contribution in [0.3, 0.4) is 0 Å². The highest BCUT2D eigenvalue weighted by atomic mass is 16.5. The molecule has 4 rings (SSSR count). The van der Waals surface area contributed by atoms with Crippen molar-refractivity contribution in [2.45, 2.75) is 13.3 Å². The van der Waals surface area contributed by atoms with Crippen LogP contribution in [0.15, 0.2) is 84.9 Å². The molecule has 0 radical (unpaired) electrons. The number of aromatic nitrogens is 1. The zero-order valence-corrected chi connectivity index (χ0v) is 16.0. The summed E-state index contributed by atoms with van der Waals surface area (Å²) in [5, 5.41) is 0.748. The van der Waals surface area contributed by atoms with Crippen LogP contribution in [-0.2, 0) is 11.2 Å². The van der Waals surface area contributed by atoms with E-state index in [0.29, 0.717) is 28.1 Å². The van der Waals surface area contributed by atoms with Gasteiger partial charge < -0.3 is 4.74 Å². The number of carbonyl (C=O) groups is 2. The topological polar surface area (TPSA) is 56.3 Å². The SMILES string of the molecule is CC(=O)c1ccccc1-c1cc(OC(=O)Cc2ccccc2)c2ccccc2n1. The Bertz CT molecular complexity index is 1200. The van der Waals surface area contributed by atoms with E-state index in [0.717, 1.165) is 10.9 Å². The standard InChI is InChI=1S/C25H19NO3/c1-17(27)19-11-5-6-12-20(19)23-16-24(21-13-7-8-14-22(21)26-23)29-25(28)15-18-9-3-2-4-10-18/h2-14,16H,15H2,1H3. The summed E-state index contributed by atoms with van der Waals surface area (Å²) in [5.74, 6) is 0.0430. The Morgan fingerprint density at radius 2 is 1.55 bits per heavy atom. The smallest absolute Gasteiger partial charge is 0.315 e. The first kappa shape index (κ1) is 18.6. The van der Waals surface area contributed by atoms with E-state index < -0.39 is 0 Å². The van der Waals surface area contributed by atoms with Crippen LogP contribution in [0.4, 0.5) is 0 Å². The number of Topliss-reactive ketones (excluding diaryl/α,β-unsaturated/α-hetero) is 1. The monoisotopic (exact) mass is 381 g/mol. The first-order valence-electron chi connectivity index (χ1n) is 9.36. The number of fused-ring (bicyclic) bond motifs is 1. The van der Waals surface area contributed by atoms with E-state index in [-0.39, 0.29) is 18.2 Å². The van der Waals surface area contributed by atoms with Gasteiger partial charge in [-0.05, 0) is 24.6 Å². The molecule has 0 N–H and O–H groups in total. The van der Waals surface area contributed by atoms with E-state index in [2.05, 4.69) is 0 Å². The molecule has 0 aliphatic heterocycles. The first-order chi connectivity index (χ1) is 14.1. The molecule has 0 saturated carbocycles. The molecule has 4 nitrogen and oxygen atoms in total. The van der Waals surface area contributed by atoms with Crippen LogP contribution in [0.5, 0.6) is 5.75 Å². The fourth-order valence-corrected chi connectivity index (χ4v) is 3.30. The summed E-state index contributed by atoms with van der Waals surface area (Å²) in [6.45, 7) is 1.53. The highest BCUT2D eigenvalue weighted by Gasteiger charge is 2.15. The van der Waals surface area contributed by atoms with Gasteiger partial charge in [0.05, 0.1) is 17.6 Å². The van der Waals surface area contributed by atoms with Crippen molar-refractivity contribution in [2.24, 2.45) is 0 Å². The lowest BCUT2D eigenvalue weighted by molar-refractivity contribution is -0.133. The number of rotatable bonds is 5. The maximum absolute atomic E-state index is 12.6. The molecule has 0 aliphatic carbocycles. The minimum atomic E-state index is -0.349. The Morgan fingerprint density at radius 3 is 2.34 bits per heavy atom.